The number of allylic oxidation sites excluding steroid dienone is 12. The molecule has 0 saturated carbocycles. The average Bonchev–Trinajstić information content (AvgIpc) is 3.33. The first-order chi connectivity index (χ1) is 33.0. The molecule has 0 fully saturated rings. The van der Waals surface area contributed by atoms with E-state index in [1.54, 1.807) is 0 Å². The summed E-state index contributed by atoms with van der Waals surface area (Å²) in [5, 5.41) is 0. The van der Waals surface area contributed by atoms with Crippen LogP contribution < -0.4 is 0 Å². The molecular formula is C61H106O6. The second-order valence-corrected chi connectivity index (χ2v) is 18.9. The topological polar surface area (TPSA) is 78.9 Å². The smallest absolute Gasteiger partial charge is 0.306 e. The molecule has 0 spiro atoms. The zero-order chi connectivity index (χ0) is 48.6. The molecule has 0 radical (unpaired) electrons. The molecule has 1 atom stereocenters. The minimum atomic E-state index is -0.791. The van der Waals surface area contributed by atoms with Gasteiger partial charge in [-0.2, -0.15) is 0 Å². The molecule has 0 bridgehead atoms. The van der Waals surface area contributed by atoms with Gasteiger partial charge < -0.3 is 14.2 Å². The minimum absolute atomic E-state index is 0.0882. The second-order valence-electron chi connectivity index (χ2n) is 18.9. The van der Waals surface area contributed by atoms with Crippen molar-refractivity contribution >= 4 is 17.9 Å². The number of carbonyl (C=O) groups excluding carboxylic acids is 3. The fourth-order valence-electron chi connectivity index (χ4n) is 7.97. The van der Waals surface area contributed by atoms with Gasteiger partial charge in [0.15, 0.2) is 6.10 Å². The first-order valence-electron chi connectivity index (χ1n) is 28.5. The lowest BCUT2D eigenvalue weighted by atomic mass is 10.1. The van der Waals surface area contributed by atoms with Gasteiger partial charge in [-0.05, 0) is 89.9 Å². The summed E-state index contributed by atoms with van der Waals surface area (Å²) in [4.78, 5) is 38.1. The van der Waals surface area contributed by atoms with Crippen molar-refractivity contribution in [2.24, 2.45) is 0 Å². The lowest BCUT2D eigenvalue weighted by molar-refractivity contribution is -0.167. The van der Waals surface area contributed by atoms with Crippen LogP contribution in [-0.4, -0.2) is 37.2 Å². The van der Waals surface area contributed by atoms with Gasteiger partial charge in [0.25, 0.3) is 0 Å². The first kappa shape index (κ1) is 63.8. The van der Waals surface area contributed by atoms with Crippen LogP contribution >= 0.6 is 0 Å². The molecule has 0 aromatic carbocycles. The molecule has 0 aromatic heterocycles. The van der Waals surface area contributed by atoms with Crippen molar-refractivity contribution in [2.75, 3.05) is 13.2 Å². The largest absolute Gasteiger partial charge is 0.462 e. The molecule has 0 N–H and O–H groups in total. The van der Waals surface area contributed by atoms with E-state index in [1.165, 1.54) is 154 Å². The van der Waals surface area contributed by atoms with Crippen molar-refractivity contribution in [2.45, 2.75) is 284 Å². The van der Waals surface area contributed by atoms with Gasteiger partial charge in [-0.15, -0.1) is 0 Å². The van der Waals surface area contributed by atoms with E-state index in [0.717, 1.165) is 83.5 Å². The molecule has 0 aliphatic heterocycles. The average molecular weight is 936 g/mol. The highest BCUT2D eigenvalue weighted by Crippen LogP contribution is 2.15. The van der Waals surface area contributed by atoms with Crippen molar-refractivity contribution < 1.29 is 28.6 Å². The molecule has 0 amide bonds. The summed E-state index contributed by atoms with van der Waals surface area (Å²) >= 11 is 0. The van der Waals surface area contributed by atoms with Gasteiger partial charge in [0, 0.05) is 19.3 Å². The van der Waals surface area contributed by atoms with Crippen LogP contribution in [0, 0.1) is 0 Å². The number of hydrogen-bond acceptors (Lipinski definition) is 6. The third-order valence-corrected chi connectivity index (χ3v) is 12.3. The van der Waals surface area contributed by atoms with Crippen molar-refractivity contribution in [3.8, 4) is 0 Å². The van der Waals surface area contributed by atoms with Gasteiger partial charge in [-0.3, -0.25) is 14.4 Å². The Balaban J connectivity index is 4.40. The molecule has 0 saturated heterocycles. The van der Waals surface area contributed by atoms with E-state index in [0.29, 0.717) is 19.3 Å². The Hall–Kier alpha value is -3.15. The predicted octanol–water partition coefficient (Wildman–Crippen LogP) is 19.0. The first-order valence-corrected chi connectivity index (χ1v) is 28.5. The van der Waals surface area contributed by atoms with Crippen molar-refractivity contribution in [3.63, 3.8) is 0 Å². The molecular weight excluding hydrogens is 829 g/mol. The van der Waals surface area contributed by atoms with Gasteiger partial charge in [0.2, 0.25) is 0 Å². The van der Waals surface area contributed by atoms with E-state index in [-0.39, 0.29) is 31.1 Å². The van der Waals surface area contributed by atoms with Gasteiger partial charge in [0.05, 0.1) is 0 Å². The van der Waals surface area contributed by atoms with E-state index in [9.17, 15) is 14.4 Å². The van der Waals surface area contributed by atoms with Crippen LogP contribution in [-0.2, 0) is 28.6 Å². The fraction of sp³-hybridized carbons (Fsp3) is 0.754. The summed E-state index contributed by atoms with van der Waals surface area (Å²) in [7, 11) is 0. The highest BCUT2D eigenvalue weighted by atomic mass is 16.6. The maximum absolute atomic E-state index is 12.8. The molecule has 0 aliphatic carbocycles. The van der Waals surface area contributed by atoms with E-state index < -0.39 is 6.10 Å². The maximum Gasteiger partial charge on any atom is 0.306 e. The molecule has 0 heterocycles. The van der Waals surface area contributed by atoms with Crippen LogP contribution in [0.3, 0.4) is 0 Å². The minimum Gasteiger partial charge on any atom is -0.462 e. The van der Waals surface area contributed by atoms with Gasteiger partial charge in [0.1, 0.15) is 13.2 Å². The molecule has 0 aromatic rings. The van der Waals surface area contributed by atoms with Crippen LogP contribution in [0.5, 0.6) is 0 Å². The van der Waals surface area contributed by atoms with Gasteiger partial charge in [-0.25, -0.2) is 0 Å². The number of rotatable bonds is 51. The number of esters is 3. The van der Waals surface area contributed by atoms with E-state index in [1.807, 2.05) is 18.2 Å². The second kappa shape index (κ2) is 55.4. The summed E-state index contributed by atoms with van der Waals surface area (Å²) in [6, 6.07) is 0. The Bertz CT molecular complexity index is 1260. The maximum atomic E-state index is 12.8. The standard InChI is InChI=1S/C61H106O6/c1-4-7-10-13-16-19-22-25-28-29-30-31-34-36-39-42-45-48-51-54-60(63)66-57-58(67-61(64)55-52-49-46-43-40-37-33-27-24-21-18-15-12-9-6-3)56-65-59(62)53-50-47-44-41-38-35-32-26-23-20-17-14-11-8-5-2/h9,12,15,18,20-21,23-24,27,29-30,33,58H,4-8,10-11,13-14,16-17,19,22,25-26,28,31-32,34-57H2,1-3H3/b12-9-,18-15-,23-20-,24-21-,30-29-,33-27-. The van der Waals surface area contributed by atoms with Crippen LogP contribution in [0.2, 0.25) is 0 Å². The monoisotopic (exact) mass is 935 g/mol. The number of hydrogen-bond donors (Lipinski definition) is 0. The molecule has 67 heavy (non-hydrogen) atoms. The molecule has 0 rings (SSSR count). The molecule has 1 unspecified atom stereocenters. The molecule has 386 valence electrons. The Morgan fingerprint density at radius 2 is 0.597 bits per heavy atom. The third kappa shape index (κ3) is 53.7. The Labute approximate surface area is 414 Å². The number of unbranched alkanes of at least 4 members (excludes halogenated alkanes) is 31. The normalized spacial score (nSPS) is 12.6. The van der Waals surface area contributed by atoms with Crippen molar-refractivity contribution in [1.29, 1.82) is 0 Å². The third-order valence-electron chi connectivity index (χ3n) is 12.3. The summed E-state index contributed by atoms with van der Waals surface area (Å²) in [5.41, 5.74) is 0. The number of ether oxygens (including phenoxy) is 3. The molecule has 6 nitrogen and oxygen atoms in total. The SMILES string of the molecule is CC\C=C/C=C\C=C/C=C\CCCCCCCC(=O)OC(COC(=O)CCCCCCCCC/C=C\CCCCCC)COC(=O)CCCCCCCCC/C=C\CCCCCCCCCC. The summed E-state index contributed by atoms with van der Waals surface area (Å²) < 4.78 is 16.8. The summed E-state index contributed by atoms with van der Waals surface area (Å²) in [6.45, 7) is 6.48. The van der Waals surface area contributed by atoms with Crippen LogP contribution in [0.25, 0.3) is 0 Å². The lowest BCUT2D eigenvalue weighted by Crippen LogP contribution is -2.30. The predicted molar refractivity (Wildman–Crippen MR) is 288 cm³/mol. The van der Waals surface area contributed by atoms with Gasteiger partial charge >= 0.3 is 17.9 Å². The molecule has 6 heteroatoms. The zero-order valence-corrected chi connectivity index (χ0v) is 44.2. The van der Waals surface area contributed by atoms with Gasteiger partial charge in [-0.1, -0.05) is 241 Å². The highest BCUT2D eigenvalue weighted by Gasteiger charge is 2.19. The van der Waals surface area contributed by atoms with Crippen LogP contribution in [0.4, 0.5) is 0 Å². The van der Waals surface area contributed by atoms with E-state index in [2.05, 4.69) is 75.5 Å². The van der Waals surface area contributed by atoms with Crippen molar-refractivity contribution in [1.82, 2.24) is 0 Å². The number of carbonyl (C=O) groups is 3. The van der Waals surface area contributed by atoms with Crippen LogP contribution in [0.1, 0.15) is 278 Å². The van der Waals surface area contributed by atoms with Crippen LogP contribution in [0.15, 0.2) is 72.9 Å². The highest BCUT2D eigenvalue weighted by molar-refractivity contribution is 5.71. The summed E-state index contributed by atoms with van der Waals surface area (Å²) in [5.74, 6) is -0.913. The van der Waals surface area contributed by atoms with E-state index >= 15 is 0 Å². The molecule has 0 aliphatic rings. The zero-order valence-electron chi connectivity index (χ0n) is 44.2. The Kier molecular flexibility index (Phi) is 52.8. The lowest BCUT2D eigenvalue weighted by Gasteiger charge is -2.18. The summed E-state index contributed by atoms with van der Waals surface area (Å²) in [6.07, 6.45) is 70.3. The Morgan fingerprint density at radius 3 is 0.970 bits per heavy atom. The fourth-order valence-corrected chi connectivity index (χ4v) is 7.97. The quantitative estimate of drug-likeness (QED) is 0.0199. The Morgan fingerprint density at radius 1 is 0.313 bits per heavy atom. The van der Waals surface area contributed by atoms with E-state index in [4.69, 9.17) is 14.2 Å². The van der Waals surface area contributed by atoms with Crippen molar-refractivity contribution in [3.05, 3.63) is 72.9 Å².